The Balaban J connectivity index is 1.68. The van der Waals surface area contributed by atoms with Crippen molar-refractivity contribution in [2.24, 2.45) is 0 Å². The molecule has 3 aromatic rings. The largest absolute Gasteiger partial charge is 0.479 e. The van der Waals surface area contributed by atoms with Crippen LogP contribution in [0, 0.1) is 13.8 Å². The fourth-order valence-corrected chi connectivity index (χ4v) is 5.15. The molecule has 170 valence electrons. The van der Waals surface area contributed by atoms with Crippen molar-refractivity contribution < 1.29 is 27.8 Å². The number of aromatic nitrogens is 1. The van der Waals surface area contributed by atoms with Crippen LogP contribution in [0.25, 0.3) is 10.6 Å². The molecule has 4 nitrogen and oxygen atoms in total. The molecule has 1 unspecified atom stereocenters. The third kappa shape index (κ3) is 5.83. The van der Waals surface area contributed by atoms with E-state index < -0.39 is 23.8 Å². The Bertz CT molecular complexity index is 1090. The van der Waals surface area contributed by atoms with Gasteiger partial charge in [0, 0.05) is 21.1 Å². The molecule has 1 atom stereocenters. The zero-order valence-electron chi connectivity index (χ0n) is 17.7. The molecule has 0 aliphatic rings. The highest BCUT2D eigenvalue weighted by Crippen LogP contribution is 2.35. The van der Waals surface area contributed by atoms with E-state index in [0.717, 1.165) is 33.2 Å². The fraction of sp³-hybridized carbons (Fsp3) is 0.304. The van der Waals surface area contributed by atoms with Gasteiger partial charge in [-0.25, -0.2) is 9.78 Å². The first-order valence-corrected chi connectivity index (χ1v) is 11.7. The Morgan fingerprint density at radius 1 is 1.19 bits per heavy atom. The Labute approximate surface area is 192 Å². The molecule has 2 aromatic carbocycles. The maximum Gasteiger partial charge on any atom is 0.416 e. The van der Waals surface area contributed by atoms with E-state index in [9.17, 15) is 18.0 Å². The second-order valence-electron chi connectivity index (χ2n) is 7.17. The monoisotopic (exact) mass is 481 g/mol. The van der Waals surface area contributed by atoms with Crippen LogP contribution >= 0.6 is 23.1 Å². The fourth-order valence-electron chi connectivity index (χ4n) is 2.94. The number of halogens is 3. The quantitative estimate of drug-likeness (QED) is 0.352. The number of rotatable bonds is 8. The summed E-state index contributed by atoms with van der Waals surface area (Å²) < 4.78 is 43.9. The molecule has 0 saturated heterocycles. The van der Waals surface area contributed by atoms with Crippen LogP contribution in [0.5, 0.6) is 5.75 Å². The van der Waals surface area contributed by atoms with E-state index in [0.29, 0.717) is 28.5 Å². The second-order valence-corrected chi connectivity index (χ2v) is 9.30. The first kappa shape index (κ1) is 24.1. The predicted octanol–water partition coefficient (Wildman–Crippen LogP) is 6.98. The van der Waals surface area contributed by atoms with Crippen LogP contribution in [-0.4, -0.2) is 22.2 Å². The van der Waals surface area contributed by atoms with Crippen LogP contribution in [0.2, 0.25) is 0 Å². The smallest absolute Gasteiger partial charge is 0.416 e. The van der Waals surface area contributed by atoms with E-state index >= 15 is 0 Å². The molecule has 0 radical (unpaired) electrons. The average molecular weight is 482 g/mol. The number of carboxylic acid groups (broad SMARTS) is 1. The van der Waals surface area contributed by atoms with Crippen LogP contribution in [-0.2, 0) is 16.7 Å². The first-order chi connectivity index (χ1) is 15.1. The number of carboxylic acids is 1. The van der Waals surface area contributed by atoms with Gasteiger partial charge in [0.15, 0.2) is 6.10 Å². The second kappa shape index (κ2) is 9.95. The van der Waals surface area contributed by atoms with Gasteiger partial charge in [0.1, 0.15) is 10.8 Å². The molecule has 0 saturated carbocycles. The lowest BCUT2D eigenvalue weighted by Gasteiger charge is -2.15. The molecule has 9 heteroatoms. The van der Waals surface area contributed by atoms with E-state index in [1.54, 1.807) is 24.8 Å². The van der Waals surface area contributed by atoms with Crippen LogP contribution in [0.1, 0.15) is 35.0 Å². The number of hydrogen-bond acceptors (Lipinski definition) is 5. The third-order valence-electron chi connectivity index (χ3n) is 4.78. The minimum atomic E-state index is -4.36. The molecule has 0 aliphatic heterocycles. The zero-order valence-corrected chi connectivity index (χ0v) is 19.3. The number of thiazole rings is 1. The van der Waals surface area contributed by atoms with Gasteiger partial charge in [0.25, 0.3) is 0 Å². The molecule has 0 fully saturated rings. The maximum atomic E-state index is 12.8. The Kier molecular flexibility index (Phi) is 7.51. The zero-order chi connectivity index (χ0) is 23.5. The summed E-state index contributed by atoms with van der Waals surface area (Å²) in [5, 5.41) is 9.85. The van der Waals surface area contributed by atoms with Crippen LogP contribution < -0.4 is 4.74 Å². The summed E-state index contributed by atoms with van der Waals surface area (Å²) >= 11 is 3.07. The topological polar surface area (TPSA) is 59.4 Å². The molecule has 32 heavy (non-hydrogen) atoms. The molecule has 1 heterocycles. The van der Waals surface area contributed by atoms with Crippen molar-refractivity contribution in [2.75, 3.05) is 0 Å². The van der Waals surface area contributed by atoms with Gasteiger partial charge in [-0.05, 0) is 56.2 Å². The average Bonchev–Trinajstić information content (AvgIpc) is 3.11. The van der Waals surface area contributed by atoms with Crippen molar-refractivity contribution in [3.63, 3.8) is 0 Å². The van der Waals surface area contributed by atoms with Crippen LogP contribution in [0.15, 0.2) is 47.4 Å². The molecule has 0 bridgehead atoms. The molecule has 1 N–H and O–H groups in total. The van der Waals surface area contributed by atoms with Gasteiger partial charge in [-0.3, -0.25) is 0 Å². The number of ether oxygens (including phenoxy) is 1. The lowest BCUT2D eigenvalue weighted by molar-refractivity contribution is -0.145. The summed E-state index contributed by atoms with van der Waals surface area (Å²) in [6, 6.07) is 10.6. The van der Waals surface area contributed by atoms with Crippen molar-refractivity contribution in [3.05, 3.63) is 64.2 Å². The van der Waals surface area contributed by atoms with Gasteiger partial charge >= 0.3 is 12.1 Å². The van der Waals surface area contributed by atoms with Gasteiger partial charge in [-0.15, -0.1) is 23.1 Å². The van der Waals surface area contributed by atoms with E-state index in [1.165, 1.54) is 23.5 Å². The number of benzene rings is 2. The van der Waals surface area contributed by atoms with Crippen LogP contribution in [0.4, 0.5) is 13.2 Å². The number of thioether (sulfide) groups is 1. The summed E-state index contributed by atoms with van der Waals surface area (Å²) in [7, 11) is 0. The standard InChI is InChI=1S/C23H22F3NO3S2/c1-4-18(22(28)29)30-19-10-9-17(11-13(19)2)31-12-20-14(3)27-21(32-20)15-5-7-16(8-6-15)23(24,25)26/h5-11,18H,4,12H2,1-3H3,(H,28,29). The molecule has 0 spiro atoms. The number of hydrogen-bond donors (Lipinski definition) is 1. The number of alkyl halides is 3. The van der Waals surface area contributed by atoms with Gasteiger partial charge in [0.05, 0.1) is 11.3 Å². The first-order valence-electron chi connectivity index (χ1n) is 9.85. The normalized spacial score (nSPS) is 12.6. The number of aryl methyl sites for hydroxylation is 2. The van der Waals surface area contributed by atoms with E-state index in [1.807, 2.05) is 26.0 Å². The van der Waals surface area contributed by atoms with E-state index in [2.05, 4.69) is 4.98 Å². The molecular formula is C23H22F3NO3S2. The highest BCUT2D eigenvalue weighted by molar-refractivity contribution is 7.98. The van der Waals surface area contributed by atoms with Crippen molar-refractivity contribution in [1.82, 2.24) is 4.98 Å². The Morgan fingerprint density at radius 2 is 1.88 bits per heavy atom. The highest BCUT2D eigenvalue weighted by Gasteiger charge is 2.30. The minimum Gasteiger partial charge on any atom is -0.479 e. The third-order valence-corrected chi connectivity index (χ3v) is 7.19. The summed E-state index contributed by atoms with van der Waals surface area (Å²) in [5.41, 5.74) is 1.67. The van der Waals surface area contributed by atoms with E-state index in [-0.39, 0.29) is 0 Å². The van der Waals surface area contributed by atoms with Crippen LogP contribution in [0.3, 0.4) is 0 Å². The van der Waals surface area contributed by atoms with Crippen molar-refractivity contribution in [3.8, 4) is 16.3 Å². The van der Waals surface area contributed by atoms with E-state index in [4.69, 9.17) is 9.84 Å². The van der Waals surface area contributed by atoms with Gasteiger partial charge in [-0.1, -0.05) is 19.1 Å². The molecule has 0 aliphatic carbocycles. The highest BCUT2D eigenvalue weighted by atomic mass is 32.2. The molecule has 3 rings (SSSR count). The Morgan fingerprint density at radius 3 is 2.44 bits per heavy atom. The predicted molar refractivity (Wildman–Crippen MR) is 120 cm³/mol. The summed E-state index contributed by atoms with van der Waals surface area (Å²) in [6.07, 6.45) is -4.87. The summed E-state index contributed by atoms with van der Waals surface area (Å²) in [6.45, 7) is 5.52. The van der Waals surface area contributed by atoms with Crippen molar-refractivity contribution in [2.45, 2.75) is 50.1 Å². The lowest BCUT2D eigenvalue weighted by atomic mass is 10.1. The number of carbonyl (C=O) groups is 1. The number of nitrogens with zero attached hydrogens (tertiary/aromatic N) is 1. The lowest BCUT2D eigenvalue weighted by Crippen LogP contribution is -2.26. The molecule has 0 amide bonds. The van der Waals surface area contributed by atoms with Gasteiger partial charge in [0.2, 0.25) is 0 Å². The SMILES string of the molecule is CCC(Oc1ccc(SCc2sc(-c3ccc(C(F)(F)F)cc3)nc2C)cc1C)C(=O)O. The number of aliphatic carboxylic acids is 1. The van der Waals surface area contributed by atoms with Crippen molar-refractivity contribution in [1.29, 1.82) is 0 Å². The maximum absolute atomic E-state index is 12.8. The summed E-state index contributed by atoms with van der Waals surface area (Å²) in [4.78, 5) is 17.8. The molecule has 1 aromatic heterocycles. The molecular weight excluding hydrogens is 459 g/mol. The Hall–Kier alpha value is -2.52. The van der Waals surface area contributed by atoms with Crippen molar-refractivity contribution >= 4 is 29.1 Å². The van der Waals surface area contributed by atoms with Gasteiger partial charge in [-0.2, -0.15) is 13.2 Å². The summed E-state index contributed by atoms with van der Waals surface area (Å²) in [5.74, 6) is 0.216. The minimum absolute atomic E-state index is 0.372. The van der Waals surface area contributed by atoms with Gasteiger partial charge < -0.3 is 9.84 Å².